The Morgan fingerprint density at radius 2 is 1.41 bits per heavy atom. The first-order chi connectivity index (χ1) is 12.9. The summed E-state index contributed by atoms with van der Waals surface area (Å²) < 4.78 is 52.6. The molecule has 0 aromatic rings. The number of hydrogen-bond acceptors (Lipinski definition) is 4. The van der Waals surface area contributed by atoms with Crippen molar-refractivity contribution in [2.24, 2.45) is 0 Å². The van der Waals surface area contributed by atoms with Crippen LogP contribution in [-0.2, 0) is 19.7 Å². The lowest BCUT2D eigenvalue weighted by Gasteiger charge is -2.20. The highest BCUT2D eigenvalue weighted by atomic mass is 32.2. The molecule has 0 bridgehead atoms. The molecule has 2 aliphatic rings. The smallest absolute Gasteiger partial charge is 0.360 e. The van der Waals surface area contributed by atoms with Gasteiger partial charge in [-0.05, 0) is 32.1 Å². The molecule has 1 atom stereocenters. The Morgan fingerprint density at radius 3 is 1.93 bits per heavy atom. The summed E-state index contributed by atoms with van der Waals surface area (Å²) in [5.74, 6) is 0. The van der Waals surface area contributed by atoms with E-state index in [-0.39, 0.29) is 6.42 Å². The second kappa shape index (κ2) is 10.2. The van der Waals surface area contributed by atoms with Gasteiger partial charge in [0.05, 0.1) is 10.5 Å². The summed E-state index contributed by atoms with van der Waals surface area (Å²) in [6, 6.07) is 0. The molecule has 0 aromatic carbocycles. The van der Waals surface area contributed by atoms with Crippen LogP contribution in [0.2, 0.25) is 0 Å². The van der Waals surface area contributed by atoms with Gasteiger partial charge in [-0.3, -0.25) is 0 Å². The molecule has 1 unspecified atom stereocenters. The maximum absolute atomic E-state index is 13.3. The molecule has 27 heavy (non-hydrogen) atoms. The highest BCUT2D eigenvalue weighted by molar-refractivity contribution is 8.09. The predicted molar refractivity (Wildman–Crippen MR) is 108 cm³/mol. The van der Waals surface area contributed by atoms with Crippen molar-refractivity contribution in [3.05, 3.63) is 5.53 Å². The van der Waals surface area contributed by atoms with Crippen molar-refractivity contribution in [1.82, 2.24) is 0 Å². The summed E-state index contributed by atoms with van der Waals surface area (Å²) in [4.78, 5) is 3.11. The molecule has 2 aliphatic carbocycles. The van der Waals surface area contributed by atoms with E-state index in [0.717, 1.165) is 51.4 Å². The van der Waals surface area contributed by atoms with Crippen LogP contribution < -0.4 is 0 Å². The molecule has 0 heterocycles. The molecule has 0 amide bonds. The minimum atomic E-state index is -3.89. The van der Waals surface area contributed by atoms with Crippen LogP contribution in [0.4, 0.5) is 0 Å². The van der Waals surface area contributed by atoms with Crippen LogP contribution in [0.3, 0.4) is 0 Å². The number of hydrogen-bond donors (Lipinski definition) is 0. The fourth-order valence-corrected chi connectivity index (χ4v) is 9.46. The third-order valence-electron chi connectivity index (χ3n) is 6.14. The molecule has 2 rings (SSSR count). The lowest BCUT2D eigenvalue weighted by molar-refractivity contribution is -0.00327. The van der Waals surface area contributed by atoms with Gasteiger partial charge in [0, 0.05) is 0 Å². The zero-order valence-corrected chi connectivity index (χ0v) is 18.1. The van der Waals surface area contributed by atoms with Crippen LogP contribution in [0.25, 0.3) is 5.53 Å². The third-order valence-corrected chi connectivity index (χ3v) is 11.2. The normalized spacial score (nSPS) is 20.6. The summed E-state index contributed by atoms with van der Waals surface area (Å²) in [7, 11) is -7.58. The van der Waals surface area contributed by atoms with E-state index < -0.39 is 40.5 Å². The number of nitrogens with zero attached hydrogens (tertiary/aromatic N) is 2. The van der Waals surface area contributed by atoms with Crippen molar-refractivity contribution in [2.75, 3.05) is 0 Å². The van der Waals surface area contributed by atoms with E-state index in [9.17, 15) is 22.4 Å². The van der Waals surface area contributed by atoms with Crippen molar-refractivity contribution in [1.29, 1.82) is 0 Å². The quantitative estimate of drug-likeness (QED) is 0.175. The van der Waals surface area contributed by atoms with E-state index in [4.69, 9.17) is 0 Å². The first-order valence-electron chi connectivity index (χ1n) is 10.5. The molecular formula is C19H34N2O4S2. The molecule has 6 nitrogen and oxygen atoms in total. The monoisotopic (exact) mass is 418 g/mol. The van der Waals surface area contributed by atoms with Crippen LogP contribution in [0, 0.1) is 0 Å². The predicted octanol–water partition coefficient (Wildman–Crippen LogP) is 4.06. The highest BCUT2D eigenvalue weighted by Crippen LogP contribution is 2.33. The molecule has 0 spiro atoms. The van der Waals surface area contributed by atoms with E-state index >= 15 is 0 Å². The average Bonchev–Trinajstić information content (AvgIpc) is 3.33. The van der Waals surface area contributed by atoms with Crippen LogP contribution in [0.5, 0.6) is 0 Å². The van der Waals surface area contributed by atoms with Crippen LogP contribution in [0.1, 0.15) is 96.8 Å². The second-order valence-electron chi connectivity index (χ2n) is 8.08. The second-order valence-corrected chi connectivity index (χ2v) is 12.7. The SMILES string of the molecule is CCCCCCCC(C(=[N+]=[N-])S(=O)(=O)C1CCCC1)S(=O)(=O)C1CCCC1. The van der Waals surface area contributed by atoms with Gasteiger partial charge in [-0.25, -0.2) is 16.8 Å². The zero-order valence-electron chi connectivity index (χ0n) is 16.5. The summed E-state index contributed by atoms with van der Waals surface area (Å²) in [6.07, 6.45) is 10.5. The number of sulfone groups is 2. The van der Waals surface area contributed by atoms with Gasteiger partial charge in [0.25, 0.3) is 9.84 Å². The van der Waals surface area contributed by atoms with Gasteiger partial charge >= 0.3 is 5.04 Å². The van der Waals surface area contributed by atoms with Gasteiger partial charge in [-0.2, -0.15) is 4.79 Å². The molecule has 0 N–H and O–H groups in total. The van der Waals surface area contributed by atoms with Crippen molar-refractivity contribution < 1.29 is 21.6 Å². The van der Waals surface area contributed by atoms with Crippen molar-refractivity contribution in [3.8, 4) is 0 Å². The fourth-order valence-electron chi connectivity index (χ4n) is 4.48. The maximum Gasteiger partial charge on any atom is 0.399 e. The standard InChI is InChI=1S/C19H34N2O4S2/c1-2-3-4-5-6-15-18(26(22,23)16-11-7-8-12-16)19(21-20)27(24,25)17-13-9-10-14-17/h16-18H,2-15H2,1H3. The zero-order chi connectivity index (χ0) is 19.9. The van der Waals surface area contributed by atoms with Gasteiger partial charge in [0.2, 0.25) is 0 Å². The lowest BCUT2D eigenvalue weighted by atomic mass is 10.1. The van der Waals surface area contributed by atoms with Gasteiger partial charge in [-0.15, -0.1) is 0 Å². The summed E-state index contributed by atoms with van der Waals surface area (Å²) >= 11 is 0. The van der Waals surface area contributed by atoms with Crippen LogP contribution in [-0.4, -0.2) is 42.4 Å². The maximum atomic E-state index is 13.3. The Labute approximate surface area is 164 Å². The van der Waals surface area contributed by atoms with E-state index in [1.54, 1.807) is 0 Å². The summed E-state index contributed by atoms with van der Waals surface area (Å²) in [6.45, 7) is 2.11. The minimum Gasteiger partial charge on any atom is -0.360 e. The topological polar surface area (TPSA) is 105 Å². The first kappa shape index (κ1) is 22.6. The molecule has 2 fully saturated rings. The van der Waals surface area contributed by atoms with E-state index in [0.29, 0.717) is 32.1 Å². The first-order valence-corrected chi connectivity index (χ1v) is 13.7. The van der Waals surface area contributed by atoms with Gasteiger partial charge in [0.15, 0.2) is 15.1 Å². The van der Waals surface area contributed by atoms with Crippen LogP contribution in [0.15, 0.2) is 0 Å². The lowest BCUT2D eigenvalue weighted by Crippen LogP contribution is -2.43. The molecule has 156 valence electrons. The van der Waals surface area contributed by atoms with Crippen molar-refractivity contribution in [3.63, 3.8) is 0 Å². The molecule has 0 saturated heterocycles. The van der Waals surface area contributed by atoms with Gasteiger partial charge < -0.3 is 5.53 Å². The number of unbranched alkanes of at least 4 members (excludes halogenated alkanes) is 4. The Morgan fingerprint density at radius 1 is 0.889 bits per heavy atom. The Hall–Kier alpha value is -0.720. The Kier molecular flexibility index (Phi) is 8.50. The average molecular weight is 419 g/mol. The number of rotatable bonds is 10. The molecule has 2 saturated carbocycles. The Bertz CT molecular complexity index is 728. The van der Waals surface area contributed by atoms with Crippen molar-refractivity contribution in [2.45, 2.75) is 113 Å². The third kappa shape index (κ3) is 5.42. The largest absolute Gasteiger partial charge is 0.399 e. The molecule has 0 aromatic heterocycles. The fraction of sp³-hybridized carbons (Fsp3) is 0.947. The molecular weight excluding hydrogens is 384 g/mol. The summed E-state index contributed by atoms with van der Waals surface area (Å²) in [5, 5.41) is -2.80. The van der Waals surface area contributed by atoms with Crippen LogP contribution >= 0.6 is 0 Å². The van der Waals surface area contributed by atoms with Crippen molar-refractivity contribution >= 4 is 24.7 Å². The molecule has 8 heteroatoms. The Balaban J connectivity index is 2.27. The summed E-state index contributed by atoms with van der Waals surface area (Å²) in [5.41, 5.74) is 9.58. The minimum absolute atomic E-state index is 0.230. The molecule has 0 aliphatic heterocycles. The highest BCUT2D eigenvalue weighted by Gasteiger charge is 2.50. The van der Waals surface area contributed by atoms with E-state index in [1.165, 1.54) is 0 Å². The van der Waals surface area contributed by atoms with E-state index in [1.807, 2.05) is 0 Å². The van der Waals surface area contributed by atoms with E-state index in [2.05, 4.69) is 11.7 Å². The molecule has 0 radical (unpaired) electrons. The van der Waals surface area contributed by atoms with Gasteiger partial charge in [-0.1, -0.05) is 64.7 Å². The van der Waals surface area contributed by atoms with Gasteiger partial charge in [0.1, 0.15) is 0 Å².